The Morgan fingerprint density at radius 2 is 1.89 bits per heavy atom. The molecule has 44 heavy (non-hydrogen) atoms. The van der Waals surface area contributed by atoms with E-state index in [0.717, 1.165) is 48.3 Å². The maximum absolute atomic E-state index is 14.7. The van der Waals surface area contributed by atoms with Crippen LogP contribution in [0.2, 0.25) is 0 Å². The van der Waals surface area contributed by atoms with E-state index >= 15 is 0 Å². The minimum absolute atomic E-state index is 0.0170. The van der Waals surface area contributed by atoms with Crippen LogP contribution in [0.1, 0.15) is 36.0 Å². The van der Waals surface area contributed by atoms with Crippen molar-refractivity contribution in [2.24, 2.45) is 24.6 Å². The fraction of sp³-hybridized carbons (Fsp3) is 0.364. The lowest BCUT2D eigenvalue weighted by molar-refractivity contribution is 0.0700. The maximum Gasteiger partial charge on any atom is 0.254 e. The monoisotopic (exact) mass is 598 g/mol. The molecule has 3 aromatic heterocycles. The SMILES string of the molecule is COc1cc(C(=O)N2CC3CCC2[C@@H]3N)cc2nc(-c3cc4ccc(-c5cc(O)c(F)cc5F)nc4n3CC3CC3)n(C)c12. The van der Waals surface area contributed by atoms with Gasteiger partial charge in [0.2, 0.25) is 0 Å². The summed E-state index contributed by atoms with van der Waals surface area (Å²) in [6.45, 7) is 1.38. The first-order valence-corrected chi connectivity index (χ1v) is 15.0. The Hall–Kier alpha value is -4.51. The third-order valence-corrected chi connectivity index (χ3v) is 9.74. The minimum Gasteiger partial charge on any atom is -0.505 e. The normalized spacial score (nSPS) is 21.2. The number of aromatic hydroxyl groups is 1. The second kappa shape index (κ2) is 9.75. The number of hydrogen-bond donors (Lipinski definition) is 2. The van der Waals surface area contributed by atoms with E-state index in [1.807, 2.05) is 34.7 Å². The molecule has 3 aliphatic rings. The number of phenols is 1. The number of nitrogens with zero attached hydrogens (tertiary/aromatic N) is 5. The number of methoxy groups -OCH3 is 1. The number of nitrogens with two attached hydrogens (primary N) is 1. The van der Waals surface area contributed by atoms with Crippen LogP contribution in [0.5, 0.6) is 11.5 Å². The number of imidazole rings is 1. The highest BCUT2D eigenvalue weighted by Crippen LogP contribution is 2.40. The van der Waals surface area contributed by atoms with Crippen LogP contribution in [0.4, 0.5) is 8.78 Å². The Bertz CT molecular complexity index is 2000. The average Bonchev–Trinajstić information content (AvgIpc) is 3.42. The molecule has 3 N–H and O–H groups in total. The van der Waals surface area contributed by atoms with Crippen LogP contribution >= 0.6 is 0 Å². The molecule has 0 radical (unpaired) electrons. The maximum atomic E-state index is 14.7. The zero-order chi connectivity index (χ0) is 30.4. The molecule has 11 heteroatoms. The number of piperidine rings is 1. The topological polar surface area (TPSA) is 111 Å². The summed E-state index contributed by atoms with van der Waals surface area (Å²) >= 11 is 0. The third-order valence-electron chi connectivity index (χ3n) is 9.74. The van der Waals surface area contributed by atoms with E-state index in [9.17, 15) is 18.7 Å². The van der Waals surface area contributed by atoms with Crippen LogP contribution in [0.3, 0.4) is 0 Å². The molecule has 3 atom stereocenters. The molecule has 2 aliphatic carbocycles. The van der Waals surface area contributed by atoms with Crippen molar-refractivity contribution in [3.63, 3.8) is 0 Å². The van der Waals surface area contributed by atoms with Gasteiger partial charge >= 0.3 is 0 Å². The molecule has 1 amide bonds. The highest BCUT2D eigenvalue weighted by molar-refractivity contribution is 6.00. The largest absolute Gasteiger partial charge is 0.505 e. The number of aromatic nitrogens is 4. The fourth-order valence-electron chi connectivity index (χ4n) is 7.21. The molecular weight excluding hydrogens is 566 g/mol. The summed E-state index contributed by atoms with van der Waals surface area (Å²) < 4.78 is 38.4. The zero-order valence-corrected chi connectivity index (χ0v) is 24.4. The van der Waals surface area contributed by atoms with Crippen LogP contribution in [0, 0.1) is 23.5 Å². The fourth-order valence-corrected chi connectivity index (χ4v) is 7.21. The number of phenolic OH excluding ortho intramolecular Hbond substituents is 1. The summed E-state index contributed by atoms with van der Waals surface area (Å²) in [5.74, 6) is -0.453. The number of benzene rings is 2. The molecule has 3 fully saturated rings. The van der Waals surface area contributed by atoms with Crippen molar-refractivity contribution in [3.05, 3.63) is 59.7 Å². The predicted molar refractivity (Wildman–Crippen MR) is 161 cm³/mol. The second-order valence-electron chi connectivity index (χ2n) is 12.5. The molecule has 4 heterocycles. The molecule has 9 nitrogen and oxygen atoms in total. The smallest absolute Gasteiger partial charge is 0.254 e. The Labute approximate surface area is 251 Å². The number of pyridine rings is 1. The van der Waals surface area contributed by atoms with Gasteiger partial charge in [0.25, 0.3) is 5.91 Å². The third kappa shape index (κ3) is 4.09. The molecular formula is C33H32F2N6O3. The molecule has 226 valence electrons. The number of likely N-dealkylation sites (tertiary alicyclic amines) is 1. The van der Waals surface area contributed by atoms with Gasteiger partial charge in [0.05, 0.1) is 24.0 Å². The predicted octanol–water partition coefficient (Wildman–Crippen LogP) is 5.22. The Morgan fingerprint density at radius 1 is 1.07 bits per heavy atom. The molecule has 2 aromatic carbocycles. The number of fused-ring (bicyclic) bond motifs is 4. The molecule has 8 rings (SSSR count). The van der Waals surface area contributed by atoms with E-state index in [4.69, 9.17) is 20.4 Å². The number of carbonyl (C=O) groups is 1. The number of ether oxygens (including phenoxy) is 1. The lowest BCUT2D eigenvalue weighted by Crippen LogP contribution is -2.41. The van der Waals surface area contributed by atoms with Crippen molar-refractivity contribution in [1.82, 2.24) is 24.0 Å². The summed E-state index contributed by atoms with van der Waals surface area (Å²) in [7, 11) is 3.51. The molecule has 1 aliphatic heterocycles. The van der Waals surface area contributed by atoms with Crippen LogP contribution in [-0.2, 0) is 13.6 Å². The van der Waals surface area contributed by atoms with Crippen molar-refractivity contribution in [2.75, 3.05) is 13.7 Å². The number of amides is 1. The lowest BCUT2D eigenvalue weighted by atomic mass is 10.1. The van der Waals surface area contributed by atoms with Crippen LogP contribution in [0.25, 0.3) is 44.8 Å². The standard InChI is InChI=1S/C33H32F2N6O3/c1-39-30-24(9-19(11-28(30)44-2)33(43)41-15-18-6-8-25(41)29(18)36)38-32(39)26-10-17-5-7-23(20-12-27(42)22(35)13-21(20)34)37-31(17)40(26)14-16-3-4-16/h5,7,9-13,16,18,25,29,42H,3-4,6,8,14-15,36H2,1-2H3/t18?,25?,29-/m1/s1. The van der Waals surface area contributed by atoms with Gasteiger partial charge in [-0.1, -0.05) is 0 Å². The van der Waals surface area contributed by atoms with Gasteiger partial charge in [-0.15, -0.1) is 0 Å². The van der Waals surface area contributed by atoms with Gasteiger partial charge in [-0.2, -0.15) is 0 Å². The highest BCUT2D eigenvalue weighted by Gasteiger charge is 2.47. The highest BCUT2D eigenvalue weighted by atomic mass is 19.1. The summed E-state index contributed by atoms with van der Waals surface area (Å²) in [6, 6.07) is 11.0. The summed E-state index contributed by atoms with van der Waals surface area (Å²) in [6.07, 6.45) is 4.20. The van der Waals surface area contributed by atoms with Crippen LogP contribution < -0.4 is 10.5 Å². The first kappa shape index (κ1) is 27.1. The molecule has 2 bridgehead atoms. The number of halogens is 2. The van der Waals surface area contributed by atoms with Crippen molar-refractivity contribution < 1.29 is 23.4 Å². The zero-order valence-electron chi connectivity index (χ0n) is 24.4. The van der Waals surface area contributed by atoms with Gasteiger partial charge in [-0.3, -0.25) is 4.79 Å². The second-order valence-corrected chi connectivity index (χ2v) is 12.5. The van der Waals surface area contributed by atoms with Crippen molar-refractivity contribution in [3.8, 4) is 34.3 Å². The first-order valence-electron chi connectivity index (χ1n) is 15.0. The molecule has 2 unspecified atom stereocenters. The quantitative estimate of drug-likeness (QED) is 0.277. The number of aryl methyl sites for hydroxylation is 1. The van der Waals surface area contributed by atoms with Gasteiger partial charge in [-0.05, 0) is 73.9 Å². The van der Waals surface area contributed by atoms with Crippen LogP contribution in [0.15, 0.2) is 42.5 Å². The van der Waals surface area contributed by atoms with E-state index in [1.54, 1.807) is 19.2 Å². The average molecular weight is 599 g/mol. The van der Waals surface area contributed by atoms with E-state index < -0.39 is 17.4 Å². The minimum atomic E-state index is -1.02. The Balaban J connectivity index is 1.25. The summed E-state index contributed by atoms with van der Waals surface area (Å²) in [5.41, 5.74) is 10.1. The van der Waals surface area contributed by atoms with Gasteiger partial charge < -0.3 is 29.6 Å². The van der Waals surface area contributed by atoms with E-state index in [-0.39, 0.29) is 29.2 Å². The van der Waals surface area contributed by atoms with Crippen molar-refractivity contribution in [1.29, 1.82) is 0 Å². The van der Waals surface area contributed by atoms with E-state index in [1.165, 1.54) is 0 Å². The number of rotatable bonds is 6. The van der Waals surface area contributed by atoms with Gasteiger partial charge in [-0.25, -0.2) is 18.7 Å². The van der Waals surface area contributed by atoms with Crippen LogP contribution in [-0.4, -0.2) is 60.8 Å². The molecule has 2 saturated carbocycles. The molecule has 5 aromatic rings. The van der Waals surface area contributed by atoms with Crippen molar-refractivity contribution in [2.45, 2.75) is 44.3 Å². The van der Waals surface area contributed by atoms with E-state index in [2.05, 4.69) is 4.57 Å². The van der Waals surface area contributed by atoms with E-state index in [0.29, 0.717) is 59.3 Å². The first-order chi connectivity index (χ1) is 21.2. The number of carbonyl (C=O) groups excluding carboxylic acids is 1. The van der Waals surface area contributed by atoms with Gasteiger partial charge in [0.1, 0.15) is 22.7 Å². The summed E-state index contributed by atoms with van der Waals surface area (Å²) in [5, 5.41) is 10.7. The molecule has 0 spiro atoms. The van der Waals surface area contributed by atoms with Gasteiger partial charge in [0, 0.05) is 54.8 Å². The summed E-state index contributed by atoms with van der Waals surface area (Å²) in [4.78, 5) is 25.4. The number of hydrogen-bond acceptors (Lipinski definition) is 6. The Kier molecular flexibility index (Phi) is 6.00. The molecule has 1 saturated heterocycles. The van der Waals surface area contributed by atoms with Crippen molar-refractivity contribution >= 4 is 28.0 Å². The lowest BCUT2D eigenvalue weighted by Gasteiger charge is -2.27. The Morgan fingerprint density at radius 3 is 2.59 bits per heavy atom. The van der Waals surface area contributed by atoms with Gasteiger partial charge in [0.15, 0.2) is 17.4 Å².